The molecule has 3 aromatic rings. The number of carbonyl (C=O) groups is 2. The van der Waals surface area contributed by atoms with E-state index in [1.165, 1.54) is 39.3 Å². The molecule has 1 aliphatic rings. The highest BCUT2D eigenvalue weighted by Gasteiger charge is 2.22. The predicted molar refractivity (Wildman–Crippen MR) is 131 cm³/mol. The maximum atomic E-state index is 12.6. The zero-order valence-corrected chi connectivity index (χ0v) is 20.2. The minimum absolute atomic E-state index is 0.129. The number of nitriles is 1. The van der Waals surface area contributed by atoms with Gasteiger partial charge in [-0.3, -0.25) is 9.59 Å². The molecule has 33 heavy (non-hydrogen) atoms. The summed E-state index contributed by atoms with van der Waals surface area (Å²) in [5, 5.41) is 26.7. The number of nitrogens with zero attached hydrogens (tertiary/aromatic N) is 4. The van der Waals surface area contributed by atoms with E-state index in [-0.39, 0.29) is 24.1 Å². The van der Waals surface area contributed by atoms with Crippen LogP contribution in [0.3, 0.4) is 0 Å². The molecule has 0 aliphatic heterocycles. The van der Waals surface area contributed by atoms with Crippen molar-refractivity contribution in [1.82, 2.24) is 20.1 Å². The van der Waals surface area contributed by atoms with Crippen LogP contribution < -0.4 is 10.6 Å². The second-order valence-electron chi connectivity index (χ2n) is 7.32. The van der Waals surface area contributed by atoms with Gasteiger partial charge in [0.05, 0.1) is 22.7 Å². The summed E-state index contributed by atoms with van der Waals surface area (Å²) in [5.41, 5.74) is 1.70. The SMILES string of the molecule is C=CCn1c(CNC(=O)c2cccs2)nnc1SCC(=O)Nc1sc2c(c1C#N)CCCC2. The lowest BCUT2D eigenvalue weighted by Gasteiger charge is -2.09. The number of allylic oxidation sites excluding steroid dienone is 1. The second kappa shape index (κ2) is 10.8. The third-order valence-corrected chi connectivity index (χ3v) is 8.17. The van der Waals surface area contributed by atoms with Crippen molar-refractivity contribution in [3.05, 3.63) is 56.9 Å². The number of rotatable bonds is 9. The van der Waals surface area contributed by atoms with Crippen LogP contribution in [0.1, 0.15) is 44.3 Å². The number of aryl methyl sites for hydroxylation is 1. The van der Waals surface area contributed by atoms with E-state index in [2.05, 4.69) is 33.5 Å². The Morgan fingerprint density at radius 3 is 2.94 bits per heavy atom. The summed E-state index contributed by atoms with van der Waals surface area (Å²) in [5.74, 6) is 0.347. The van der Waals surface area contributed by atoms with Gasteiger partial charge in [0.25, 0.3) is 5.91 Å². The number of hydrogen-bond acceptors (Lipinski definition) is 8. The summed E-state index contributed by atoms with van der Waals surface area (Å²) in [4.78, 5) is 26.7. The fourth-order valence-corrected chi connectivity index (χ4v) is 6.25. The Hall–Kier alpha value is -2.94. The van der Waals surface area contributed by atoms with E-state index in [1.807, 2.05) is 16.0 Å². The Balaban J connectivity index is 1.38. The molecule has 0 aromatic carbocycles. The normalized spacial score (nSPS) is 12.6. The van der Waals surface area contributed by atoms with Crippen molar-refractivity contribution in [2.24, 2.45) is 0 Å². The van der Waals surface area contributed by atoms with E-state index in [9.17, 15) is 14.9 Å². The molecule has 170 valence electrons. The molecule has 0 unspecified atom stereocenters. The maximum absolute atomic E-state index is 12.6. The number of fused-ring (bicyclic) bond motifs is 1. The van der Waals surface area contributed by atoms with Crippen molar-refractivity contribution in [2.75, 3.05) is 11.1 Å². The predicted octanol–water partition coefficient (Wildman–Crippen LogP) is 4.00. The van der Waals surface area contributed by atoms with E-state index in [1.54, 1.807) is 12.1 Å². The fourth-order valence-electron chi connectivity index (χ4n) is 3.59. The van der Waals surface area contributed by atoms with E-state index in [4.69, 9.17) is 0 Å². The van der Waals surface area contributed by atoms with Gasteiger partial charge in [0.2, 0.25) is 5.91 Å². The molecule has 0 saturated carbocycles. The number of aromatic nitrogens is 3. The van der Waals surface area contributed by atoms with Gasteiger partial charge in [0.15, 0.2) is 11.0 Å². The zero-order valence-electron chi connectivity index (χ0n) is 17.8. The van der Waals surface area contributed by atoms with E-state index < -0.39 is 0 Å². The van der Waals surface area contributed by atoms with Crippen LogP contribution in [0.15, 0.2) is 35.3 Å². The quantitative estimate of drug-likeness (QED) is 0.341. The Morgan fingerprint density at radius 1 is 1.33 bits per heavy atom. The van der Waals surface area contributed by atoms with Gasteiger partial charge in [-0.25, -0.2) is 0 Å². The summed E-state index contributed by atoms with van der Waals surface area (Å²) < 4.78 is 1.82. The highest BCUT2D eigenvalue weighted by Crippen LogP contribution is 2.37. The number of anilines is 1. The van der Waals surface area contributed by atoms with Crippen molar-refractivity contribution in [2.45, 2.75) is 43.9 Å². The van der Waals surface area contributed by atoms with Crippen molar-refractivity contribution < 1.29 is 9.59 Å². The lowest BCUT2D eigenvalue weighted by Crippen LogP contribution is -2.24. The summed E-state index contributed by atoms with van der Waals surface area (Å²) in [6.45, 7) is 4.45. The minimum Gasteiger partial charge on any atom is -0.344 e. The molecule has 0 fully saturated rings. The van der Waals surface area contributed by atoms with Crippen LogP contribution in [-0.4, -0.2) is 32.3 Å². The Kier molecular flexibility index (Phi) is 7.59. The lowest BCUT2D eigenvalue weighted by atomic mass is 9.96. The molecular weight excluding hydrogens is 476 g/mol. The van der Waals surface area contributed by atoms with Gasteiger partial charge in [-0.1, -0.05) is 23.9 Å². The summed E-state index contributed by atoms with van der Waals surface area (Å²) >= 11 is 4.14. The highest BCUT2D eigenvalue weighted by molar-refractivity contribution is 7.99. The molecule has 0 atom stereocenters. The second-order valence-corrected chi connectivity index (χ2v) is 10.3. The lowest BCUT2D eigenvalue weighted by molar-refractivity contribution is -0.113. The van der Waals surface area contributed by atoms with E-state index in [0.717, 1.165) is 31.2 Å². The molecule has 3 aromatic heterocycles. The molecule has 2 N–H and O–H groups in total. The highest BCUT2D eigenvalue weighted by atomic mass is 32.2. The van der Waals surface area contributed by atoms with E-state index in [0.29, 0.717) is 33.0 Å². The molecule has 0 radical (unpaired) electrons. The Labute approximate surface area is 203 Å². The first-order valence-corrected chi connectivity index (χ1v) is 13.1. The molecular formula is C22H22N6O2S3. The Bertz CT molecular complexity index is 1210. The number of nitrogens with one attached hydrogen (secondary N) is 2. The summed E-state index contributed by atoms with van der Waals surface area (Å²) in [6, 6.07) is 5.85. The van der Waals surface area contributed by atoms with Crippen molar-refractivity contribution in [1.29, 1.82) is 5.26 Å². The van der Waals surface area contributed by atoms with Gasteiger partial charge in [-0.15, -0.1) is 39.4 Å². The molecule has 11 heteroatoms. The molecule has 0 saturated heterocycles. The van der Waals surface area contributed by atoms with Crippen molar-refractivity contribution in [3.8, 4) is 6.07 Å². The van der Waals surface area contributed by atoms with Crippen LogP contribution in [-0.2, 0) is 30.7 Å². The topological polar surface area (TPSA) is 113 Å². The van der Waals surface area contributed by atoms with Gasteiger partial charge >= 0.3 is 0 Å². The molecule has 3 heterocycles. The van der Waals surface area contributed by atoms with Crippen molar-refractivity contribution >= 4 is 51.3 Å². The maximum Gasteiger partial charge on any atom is 0.261 e. The first-order chi connectivity index (χ1) is 16.1. The van der Waals surface area contributed by atoms with Gasteiger partial charge in [-0.05, 0) is 42.7 Å². The third-order valence-electron chi connectivity index (χ3n) is 5.13. The average Bonchev–Trinajstić information content (AvgIpc) is 3.55. The Morgan fingerprint density at radius 2 is 2.18 bits per heavy atom. The van der Waals surface area contributed by atoms with Gasteiger partial charge < -0.3 is 15.2 Å². The molecule has 0 spiro atoms. The largest absolute Gasteiger partial charge is 0.344 e. The van der Waals surface area contributed by atoms with Gasteiger partial charge in [-0.2, -0.15) is 5.26 Å². The third kappa shape index (κ3) is 5.35. The van der Waals surface area contributed by atoms with Crippen LogP contribution in [0.25, 0.3) is 0 Å². The summed E-state index contributed by atoms with van der Waals surface area (Å²) in [7, 11) is 0. The minimum atomic E-state index is -0.198. The molecule has 2 amide bonds. The first kappa shape index (κ1) is 23.2. The monoisotopic (exact) mass is 498 g/mol. The van der Waals surface area contributed by atoms with Crippen LogP contribution >= 0.6 is 34.4 Å². The number of carbonyl (C=O) groups excluding carboxylic acids is 2. The van der Waals surface area contributed by atoms with Crippen LogP contribution in [0.5, 0.6) is 0 Å². The molecule has 1 aliphatic carbocycles. The van der Waals surface area contributed by atoms with Gasteiger partial charge in [0, 0.05) is 11.4 Å². The van der Waals surface area contributed by atoms with Crippen LogP contribution in [0.2, 0.25) is 0 Å². The number of amides is 2. The first-order valence-electron chi connectivity index (χ1n) is 10.4. The van der Waals surface area contributed by atoms with Crippen LogP contribution in [0, 0.1) is 11.3 Å². The van der Waals surface area contributed by atoms with Crippen LogP contribution in [0.4, 0.5) is 5.00 Å². The number of hydrogen-bond donors (Lipinski definition) is 2. The fraction of sp³-hybridized carbons (Fsp3) is 0.318. The van der Waals surface area contributed by atoms with Crippen molar-refractivity contribution in [3.63, 3.8) is 0 Å². The molecule has 8 nitrogen and oxygen atoms in total. The average molecular weight is 499 g/mol. The summed E-state index contributed by atoms with van der Waals surface area (Å²) in [6.07, 6.45) is 5.78. The smallest absolute Gasteiger partial charge is 0.261 e. The molecule has 4 rings (SSSR count). The number of thiophene rings is 2. The molecule has 0 bridgehead atoms. The number of thioether (sulfide) groups is 1. The van der Waals surface area contributed by atoms with E-state index >= 15 is 0 Å². The van der Waals surface area contributed by atoms with Gasteiger partial charge in [0.1, 0.15) is 11.1 Å². The zero-order chi connectivity index (χ0) is 23.2. The standard InChI is InChI=1S/C22H22N6O2S3/c1-2-9-28-18(12-24-20(30)17-8-5-10-31-17)26-27-22(28)32-13-19(29)25-21-15(11-23)14-6-3-4-7-16(14)33-21/h2,5,8,10H,1,3-4,6-7,9,12-13H2,(H,24,30)(H,25,29).